The van der Waals surface area contributed by atoms with Crippen LogP contribution in [0.3, 0.4) is 0 Å². The number of carbonyl (C=O) groups is 2. The van der Waals surface area contributed by atoms with E-state index < -0.39 is 29.7 Å². The van der Waals surface area contributed by atoms with Crippen molar-refractivity contribution >= 4 is 29.1 Å². The molecule has 2 atom stereocenters. The number of fused-ring (bicyclic) bond motifs is 1. The summed E-state index contributed by atoms with van der Waals surface area (Å²) in [5, 5.41) is 13.0. The van der Waals surface area contributed by atoms with E-state index in [9.17, 15) is 14.0 Å². The summed E-state index contributed by atoms with van der Waals surface area (Å²) in [5.74, 6) is -1.11. The number of anilines is 1. The van der Waals surface area contributed by atoms with E-state index in [-0.39, 0.29) is 23.1 Å². The van der Waals surface area contributed by atoms with Crippen molar-refractivity contribution in [1.29, 1.82) is 0 Å². The Morgan fingerprint density at radius 1 is 1.16 bits per heavy atom. The highest BCUT2D eigenvalue weighted by Crippen LogP contribution is 2.34. The first-order valence-corrected chi connectivity index (χ1v) is 9.70. The maximum absolute atomic E-state index is 13.5. The molecule has 3 heterocycles. The van der Waals surface area contributed by atoms with Gasteiger partial charge in [-0.2, -0.15) is 10.1 Å². The molecule has 11 heteroatoms. The molecule has 0 radical (unpaired) electrons. The van der Waals surface area contributed by atoms with Crippen molar-refractivity contribution in [1.82, 2.24) is 15.1 Å². The van der Waals surface area contributed by atoms with Crippen LogP contribution >= 0.6 is 11.6 Å². The van der Waals surface area contributed by atoms with Gasteiger partial charge in [-0.15, -0.1) is 0 Å². The maximum atomic E-state index is 13.5. The number of aromatic nitrogens is 2. The van der Waals surface area contributed by atoms with Crippen LogP contribution < -0.4 is 4.90 Å². The fourth-order valence-corrected chi connectivity index (χ4v) is 3.80. The summed E-state index contributed by atoms with van der Waals surface area (Å²) in [6.07, 6.45) is 0. The van der Waals surface area contributed by atoms with E-state index in [1.165, 1.54) is 17.1 Å². The zero-order valence-electron chi connectivity index (χ0n) is 16.1. The van der Waals surface area contributed by atoms with Gasteiger partial charge in [0.25, 0.3) is 11.8 Å². The molecule has 2 aliphatic heterocycles. The number of carbonyl (C=O) groups excluding carboxylic acids is 2. The zero-order valence-corrected chi connectivity index (χ0v) is 16.8. The number of benzene rings is 2. The van der Waals surface area contributed by atoms with Crippen molar-refractivity contribution in [3.63, 3.8) is 0 Å². The molecule has 1 fully saturated rings. The third-order valence-electron chi connectivity index (χ3n) is 5.17. The van der Waals surface area contributed by atoms with E-state index in [2.05, 4.69) is 20.5 Å². The predicted molar refractivity (Wildman–Crippen MR) is 106 cm³/mol. The van der Waals surface area contributed by atoms with Crippen LogP contribution in [0.15, 0.2) is 57.3 Å². The van der Waals surface area contributed by atoms with E-state index in [4.69, 9.17) is 16.1 Å². The minimum Gasteiger partial charge on any atom is -0.337 e. The molecule has 3 aromatic rings. The molecule has 2 aromatic carbocycles. The van der Waals surface area contributed by atoms with Crippen LogP contribution in [0.25, 0.3) is 11.4 Å². The third kappa shape index (κ3) is 3.15. The highest BCUT2D eigenvalue weighted by Gasteiger charge is 2.55. The second-order valence-corrected chi connectivity index (χ2v) is 7.54. The average Bonchev–Trinajstić information content (AvgIpc) is 3.43. The van der Waals surface area contributed by atoms with Crippen molar-refractivity contribution in [3.05, 3.63) is 64.8 Å². The molecule has 2 aliphatic rings. The van der Waals surface area contributed by atoms with Crippen molar-refractivity contribution in [2.75, 3.05) is 4.90 Å². The number of aryl methyl sites for hydroxylation is 1. The highest BCUT2D eigenvalue weighted by atomic mass is 35.5. The minimum absolute atomic E-state index is 0.000577. The van der Waals surface area contributed by atoms with Gasteiger partial charge >= 0.3 is 0 Å². The lowest BCUT2D eigenvalue weighted by Gasteiger charge is -2.19. The topological polar surface area (TPSA) is 104 Å². The van der Waals surface area contributed by atoms with Crippen molar-refractivity contribution in [2.45, 2.75) is 25.6 Å². The van der Waals surface area contributed by atoms with Gasteiger partial charge in [0.15, 0.2) is 12.1 Å². The second-order valence-electron chi connectivity index (χ2n) is 7.13. The molecule has 1 saturated heterocycles. The number of amides is 2. The molecule has 9 nitrogen and oxygen atoms in total. The molecule has 0 N–H and O–H groups in total. The van der Waals surface area contributed by atoms with Gasteiger partial charge < -0.3 is 4.52 Å². The molecule has 31 heavy (non-hydrogen) atoms. The van der Waals surface area contributed by atoms with E-state index in [1.807, 2.05) is 31.2 Å². The summed E-state index contributed by atoms with van der Waals surface area (Å²) in [6, 6.07) is 9.26. The minimum atomic E-state index is -1.00. The van der Waals surface area contributed by atoms with Gasteiger partial charge in [0, 0.05) is 5.56 Å². The molecule has 1 aromatic heterocycles. The van der Waals surface area contributed by atoms with Crippen LogP contribution in [0.1, 0.15) is 11.5 Å². The smallest absolute Gasteiger partial charge is 0.263 e. The summed E-state index contributed by atoms with van der Waals surface area (Å²) in [5.41, 5.74) is 1.98. The largest absolute Gasteiger partial charge is 0.337 e. The number of rotatable bonds is 4. The monoisotopic (exact) mass is 440 g/mol. The van der Waals surface area contributed by atoms with Crippen LogP contribution in [-0.2, 0) is 16.1 Å². The Morgan fingerprint density at radius 3 is 2.74 bits per heavy atom. The molecule has 2 amide bonds. The molecule has 156 valence electrons. The number of imide groups is 1. The predicted octanol–water partition coefficient (Wildman–Crippen LogP) is 3.33. The van der Waals surface area contributed by atoms with Crippen molar-refractivity contribution < 1.29 is 18.5 Å². The molecule has 0 spiro atoms. The normalized spacial score (nSPS) is 20.1. The first-order valence-electron chi connectivity index (χ1n) is 9.33. The molecular weight excluding hydrogens is 427 g/mol. The Morgan fingerprint density at radius 2 is 1.97 bits per heavy atom. The number of nitrogens with zero attached hydrogens (tertiary/aromatic N) is 6. The summed E-state index contributed by atoms with van der Waals surface area (Å²) in [6.45, 7) is 1.93. The Labute approximate surface area is 180 Å². The Hall–Kier alpha value is -3.66. The SMILES string of the molecule is Cc1ccccc1-c1noc(CN2N=NC3C(=O)N(c4ccc(F)c(Cl)c4)C(=O)C32)n1. The van der Waals surface area contributed by atoms with Crippen LogP contribution in [-0.4, -0.2) is 39.0 Å². The van der Waals surface area contributed by atoms with Crippen LogP contribution in [0.4, 0.5) is 10.1 Å². The lowest BCUT2D eigenvalue weighted by Crippen LogP contribution is -2.39. The fraction of sp³-hybridized carbons (Fsp3) is 0.200. The number of halogens is 2. The van der Waals surface area contributed by atoms with Crippen LogP contribution in [0, 0.1) is 12.7 Å². The summed E-state index contributed by atoms with van der Waals surface area (Å²) >= 11 is 5.80. The third-order valence-corrected chi connectivity index (χ3v) is 5.46. The molecule has 5 rings (SSSR count). The van der Waals surface area contributed by atoms with Gasteiger partial charge in [-0.05, 0) is 30.7 Å². The fourth-order valence-electron chi connectivity index (χ4n) is 3.62. The van der Waals surface area contributed by atoms with Gasteiger partial charge in [0.05, 0.1) is 10.7 Å². The van der Waals surface area contributed by atoms with E-state index in [0.717, 1.165) is 22.1 Å². The Balaban J connectivity index is 1.38. The molecule has 0 aliphatic carbocycles. The maximum Gasteiger partial charge on any atom is 0.263 e. The second kappa shape index (κ2) is 7.24. The Kier molecular flexibility index (Phi) is 4.51. The molecule has 0 saturated carbocycles. The van der Waals surface area contributed by atoms with Gasteiger partial charge in [-0.3, -0.25) is 14.6 Å². The zero-order chi connectivity index (χ0) is 21.7. The van der Waals surface area contributed by atoms with Crippen molar-refractivity contribution in [3.8, 4) is 11.4 Å². The first kappa shape index (κ1) is 19.3. The molecular formula is C20H14ClFN6O3. The van der Waals surface area contributed by atoms with Gasteiger partial charge in [-0.1, -0.05) is 46.2 Å². The van der Waals surface area contributed by atoms with Crippen LogP contribution in [0.2, 0.25) is 5.02 Å². The lowest BCUT2D eigenvalue weighted by atomic mass is 10.1. The van der Waals surface area contributed by atoms with E-state index in [1.54, 1.807) is 0 Å². The first-order chi connectivity index (χ1) is 14.9. The van der Waals surface area contributed by atoms with Crippen molar-refractivity contribution in [2.24, 2.45) is 10.3 Å². The van der Waals surface area contributed by atoms with Gasteiger partial charge in [0.1, 0.15) is 12.4 Å². The highest BCUT2D eigenvalue weighted by molar-refractivity contribution is 6.32. The molecule has 0 bridgehead atoms. The quantitative estimate of drug-likeness (QED) is 0.576. The number of hydrogen-bond acceptors (Lipinski definition) is 8. The van der Waals surface area contributed by atoms with Crippen LogP contribution in [0.5, 0.6) is 0 Å². The summed E-state index contributed by atoms with van der Waals surface area (Å²) in [7, 11) is 0. The summed E-state index contributed by atoms with van der Waals surface area (Å²) in [4.78, 5) is 31.1. The van der Waals surface area contributed by atoms with E-state index in [0.29, 0.717) is 5.82 Å². The average molecular weight is 441 g/mol. The van der Waals surface area contributed by atoms with Gasteiger partial charge in [0.2, 0.25) is 11.7 Å². The van der Waals surface area contributed by atoms with Gasteiger partial charge in [-0.25, -0.2) is 9.29 Å². The lowest BCUT2D eigenvalue weighted by molar-refractivity contribution is -0.123. The molecule has 2 unspecified atom stereocenters. The Bertz CT molecular complexity index is 1250. The summed E-state index contributed by atoms with van der Waals surface area (Å²) < 4.78 is 18.8. The number of hydrogen-bond donors (Lipinski definition) is 0. The van der Waals surface area contributed by atoms with E-state index >= 15 is 0 Å². The standard InChI is InChI=1S/C20H14ClFN6O3/c1-10-4-2-3-5-12(10)18-23-15(31-25-18)9-27-17-16(24-26-27)19(29)28(20(17)30)11-6-7-14(22)13(21)8-11/h2-8,16-17H,9H2,1H3.